The van der Waals surface area contributed by atoms with E-state index in [4.69, 9.17) is 0 Å². The average Bonchev–Trinajstić information content (AvgIpc) is 2.48. The first kappa shape index (κ1) is 12.9. The number of rotatable bonds is 3. The molecule has 1 aromatic heterocycles. The molecule has 2 aromatic rings. The Morgan fingerprint density at radius 3 is 2.75 bits per heavy atom. The minimum Gasteiger partial charge on any atom is -0.388 e. The lowest BCUT2D eigenvalue weighted by molar-refractivity contribution is 0.164. The van der Waals surface area contributed by atoms with Gasteiger partial charge in [0.05, 0.1) is 6.10 Å². The van der Waals surface area contributed by atoms with Gasteiger partial charge in [-0.3, -0.25) is 4.79 Å². The second-order valence-corrected chi connectivity index (χ2v) is 5.08. The molecular formula is C16H18N2O2. The van der Waals surface area contributed by atoms with Crippen LogP contribution in [0.2, 0.25) is 0 Å². The van der Waals surface area contributed by atoms with Gasteiger partial charge in [-0.15, -0.1) is 0 Å². The van der Waals surface area contributed by atoms with Crippen molar-refractivity contribution in [2.75, 3.05) is 18.0 Å². The van der Waals surface area contributed by atoms with Gasteiger partial charge in [0, 0.05) is 43.1 Å². The SMILES string of the molecule is O=c1ccccn1CCN1CCC(O)c2ccccc21. The summed E-state index contributed by atoms with van der Waals surface area (Å²) < 4.78 is 1.72. The highest BCUT2D eigenvalue weighted by Gasteiger charge is 2.22. The zero-order valence-electron chi connectivity index (χ0n) is 11.3. The molecule has 0 aliphatic carbocycles. The molecular weight excluding hydrogens is 252 g/mol. The lowest BCUT2D eigenvalue weighted by Gasteiger charge is -2.33. The molecule has 1 unspecified atom stereocenters. The van der Waals surface area contributed by atoms with Gasteiger partial charge in [0.25, 0.3) is 5.56 Å². The van der Waals surface area contributed by atoms with E-state index < -0.39 is 0 Å². The van der Waals surface area contributed by atoms with Gasteiger partial charge in [-0.1, -0.05) is 24.3 Å². The van der Waals surface area contributed by atoms with Crippen LogP contribution in [0.5, 0.6) is 0 Å². The number of hydrogen-bond acceptors (Lipinski definition) is 3. The minimum atomic E-state index is -0.373. The molecule has 1 atom stereocenters. The molecule has 1 aliphatic heterocycles. The zero-order valence-corrected chi connectivity index (χ0v) is 11.3. The Morgan fingerprint density at radius 2 is 1.90 bits per heavy atom. The van der Waals surface area contributed by atoms with Crippen molar-refractivity contribution < 1.29 is 5.11 Å². The Morgan fingerprint density at radius 1 is 1.10 bits per heavy atom. The van der Waals surface area contributed by atoms with E-state index in [1.807, 2.05) is 36.5 Å². The Kier molecular flexibility index (Phi) is 3.56. The number of hydrogen-bond donors (Lipinski definition) is 1. The molecule has 1 aromatic carbocycles. The van der Waals surface area contributed by atoms with E-state index in [2.05, 4.69) is 4.90 Å². The number of nitrogens with zero attached hydrogens (tertiary/aromatic N) is 2. The second kappa shape index (κ2) is 5.51. The Labute approximate surface area is 117 Å². The first-order valence-corrected chi connectivity index (χ1v) is 6.93. The maximum absolute atomic E-state index is 11.7. The number of pyridine rings is 1. The quantitative estimate of drug-likeness (QED) is 0.925. The molecule has 4 nitrogen and oxygen atoms in total. The van der Waals surface area contributed by atoms with Crippen molar-refractivity contribution in [1.29, 1.82) is 0 Å². The fraction of sp³-hybridized carbons (Fsp3) is 0.312. The van der Waals surface area contributed by atoms with Crippen LogP contribution < -0.4 is 10.5 Å². The van der Waals surface area contributed by atoms with Crippen LogP contribution in [0.25, 0.3) is 0 Å². The molecule has 0 radical (unpaired) electrons. The van der Waals surface area contributed by atoms with Crippen LogP contribution in [0.3, 0.4) is 0 Å². The highest BCUT2D eigenvalue weighted by molar-refractivity contribution is 5.56. The predicted molar refractivity (Wildman–Crippen MR) is 78.9 cm³/mol. The van der Waals surface area contributed by atoms with Crippen LogP contribution >= 0.6 is 0 Å². The Bertz CT molecular complexity index is 651. The van der Waals surface area contributed by atoms with Gasteiger partial charge in [-0.2, -0.15) is 0 Å². The number of para-hydroxylation sites is 1. The number of aromatic nitrogens is 1. The molecule has 3 rings (SSSR count). The monoisotopic (exact) mass is 270 g/mol. The summed E-state index contributed by atoms with van der Waals surface area (Å²) in [5.41, 5.74) is 2.09. The fourth-order valence-electron chi connectivity index (χ4n) is 2.72. The van der Waals surface area contributed by atoms with Gasteiger partial charge in [0.1, 0.15) is 0 Å². The van der Waals surface area contributed by atoms with Crippen LogP contribution in [-0.4, -0.2) is 22.8 Å². The fourth-order valence-corrected chi connectivity index (χ4v) is 2.72. The predicted octanol–water partition coefficient (Wildman–Crippen LogP) is 1.79. The van der Waals surface area contributed by atoms with Gasteiger partial charge >= 0.3 is 0 Å². The van der Waals surface area contributed by atoms with E-state index >= 15 is 0 Å². The standard InChI is InChI=1S/C16H18N2O2/c19-15-8-10-17(14-6-2-1-5-13(14)15)11-12-18-9-4-3-7-16(18)20/h1-7,9,15,19H,8,10-12H2. The summed E-state index contributed by atoms with van der Waals surface area (Å²) in [7, 11) is 0. The van der Waals surface area contributed by atoms with Gasteiger partial charge in [-0.25, -0.2) is 0 Å². The number of aliphatic hydroxyl groups is 1. The summed E-state index contributed by atoms with van der Waals surface area (Å²) in [5, 5.41) is 10.0. The molecule has 2 heterocycles. The van der Waals surface area contributed by atoms with Crippen molar-refractivity contribution >= 4 is 5.69 Å². The molecule has 1 N–H and O–H groups in total. The third-order valence-electron chi connectivity index (χ3n) is 3.82. The number of aliphatic hydroxyl groups excluding tert-OH is 1. The number of fused-ring (bicyclic) bond motifs is 1. The van der Waals surface area contributed by atoms with E-state index in [-0.39, 0.29) is 11.7 Å². The van der Waals surface area contributed by atoms with Crippen molar-refractivity contribution in [2.45, 2.75) is 19.1 Å². The summed E-state index contributed by atoms with van der Waals surface area (Å²) in [4.78, 5) is 13.9. The summed E-state index contributed by atoms with van der Waals surface area (Å²) >= 11 is 0. The molecule has 104 valence electrons. The molecule has 20 heavy (non-hydrogen) atoms. The summed E-state index contributed by atoms with van der Waals surface area (Å²) in [6.45, 7) is 2.25. The summed E-state index contributed by atoms with van der Waals surface area (Å²) in [6.07, 6.45) is 2.18. The molecule has 0 saturated carbocycles. The van der Waals surface area contributed by atoms with E-state index in [0.717, 1.165) is 30.8 Å². The first-order chi connectivity index (χ1) is 9.75. The lowest BCUT2D eigenvalue weighted by atomic mass is 9.99. The molecule has 0 bridgehead atoms. The van der Waals surface area contributed by atoms with Gasteiger partial charge in [0.15, 0.2) is 0 Å². The molecule has 0 amide bonds. The molecule has 0 saturated heterocycles. The van der Waals surface area contributed by atoms with Crippen LogP contribution in [0.15, 0.2) is 53.5 Å². The van der Waals surface area contributed by atoms with E-state index in [0.29, 0.717) is 6.54 Å². The van der Waals surface area contributed by atoms with Crippen molar-refractivity contribution in [3.05, 3.63) is 64.6 Å². The minimum absolute atomic E-state index is 0.0258. The van der Waals surface area contributed by atoms with Crippen molar-refractivity contribution in [3.63, 3.8) is 0 Å². The van der Waals surface area contributed by atoms with Crippen LogP contribution in [0.4, 0.5) is 5.69 Å². The van der Waals surface area contributed by atoms with Crippen molar-refractivity contribution in [3.8, 4) is 0 Å². The van der Waals surface area contributed by atoms with Gasteiger partial charge < -0.3 is 14.6 Å². The largest absolute Gasteiger partial charge is 0.388 e. The summed E-state index contributed by atoms with van der Waals surface area (Å²) in [5.74, 6) is 0. The number of anilines is 1. The Balaban J connectivity index is 1.78. The molecule has 1 aliphatic rings. The maximum atomic E-state index is 11.7. The van der Waals surface area contributed by atoms with Crippen molar-refractivity contribution in [1.82, 2.24) is 4.57 Å². The van der Waals surface area contributed by atoms with Crippen LogP contribution in [0.1, 0.15) is 18.1 Å². The van der Waals surface area contributed by atoms with E-state index in [1.165, 1.54) is 0 Å². The third-order valence-corrected chi connectivity index (χ3v) is 3.82. The van der Waals surface area contributed by atoms with Gasteiger partial charge in [0.2, 0.25) is 0 Å². The van der Waals surface area contributed by atoms with Gasteiger partial charge in [-0.05, 0) is 18.6 Å². The maximum Gasteiger partial charge on any atom is 0.250 e. The Hall–Kier alpha value is -2.07. The van der Waals surface area contributed by atoms with Crippen LogP contribution in [0, 0.1) is 0 Å². The topological polar surface area (TPSA) is 45.5 Å². The van der Waals surface area contributed by atoms with E-state index in [1.54, 1.807) is 16.7 Å². The molecule has 4 heteroatoms. The molecule has 0 fully saturated rings. The average molecular weight is 270 g/mol. The smallest absolute Gasteiger partial charge is 0.250 e. The van der Waals surface area contributed by atoms with E-state index in [9.17, 15) is 9.90 Å². The summed E-state index contributed by atoms with van der Waals surface area (Å²) in [6, 6.07) is 13.1. The third kappa shape index (κ3) is 2.47. The normalized spacial score (nSPS) is 17.9. The molecule has 0 spiro atoms. The number of benzene rings is 1. The van der Waals surface area contributed by atoms with Crippen LogP contribution in [-0.2, 0) is 6.54 Å². The highest BCUT2D eigenvalue weighted by atomic mass is 16.3. The second-order valence-electron chi connectivity index (χ2n) is 5.08. The highest BCUT2D eigenvalue weighted by Crippen LogP contribution is 2.33. The lowest BCUT2D eigenvalue weighted by Crippen LogP contribution is -2.35. The van der Waals surface area contributed by atoms with Crippen molar-refractivity contribution in [2.24, 2.45) is 0 Å². The first-order valence-electron chi connectivity index (χ1n) is 6.93. The zero-order chi connectivity index (χ0) is 13.9.